The Balaban J connectivity index is 1.26. The van der Waals surface area contributed by atoms with Crippen LogP contribution in [-0.4, -0.2) is 94.4 Å². The van der Waals surface area contributed by atoms with Crippen LogP contribution in [0.3, 0.4) is 0 Å². The molecule has 2 aromatic rings. The Kier molecular flexibility index (Phi) is 12.8. The van der Waals surface area contributed by atoms with Crippen molar-refractivity contribution in [1.29, 1.82) is 0 Å². The molecule has 49 heavy (non-hydrogen) atoms. The number of allylic oxidation sites excluding steroid dienone is 1. The van der Waals surface area contributed by atoms with E-state index in [0.29, 0.717) is 29.8 Å². The molecule has 6 N–H and O–H groups in total. The van der Waals surface area contributed by atoms with Gasteiger partial charge in [-0.3, -0.25) is 24.8 Å². The summed E-state index contributed by atoms with van der Waals surface area (Å²) in [5.41, 5.74) is 11.6. The van der Waals surface area contributed by atoms with Gasteiger partial charge in [-0.25, -0.2) is 0 Å². The summed E-state index contributed by atoms with van der Waals surface area (Å²) in [5, 5.41) is 23.8. The molecule has 5 rings (SSSR count). The molecule has 1 aliphatic heterocycles. The van der Waals surface area contributed by atoms with E-state index in [4.69, 9.17) is 10.5 Å². The Labute approximate surface area is 289 Å². The number of benzene rings is 2. The molecule has 3 amide bonds. The highest BCUT2D eigenvalue weighted by Crippen LogP contribution is 2.36. The smallest absolute Gasteiger partial charge is 0.261 e. The summed E-state index contributed by atoms with van der Waals surface area (Å²) in [7, 11) is 1.56. The number of methoxy groups -OCH3 is 1. The van der Waals surface area contributed by atoms with Gasteiger partial charge in [-0.15, -0.1) is 0 Å². The van der Waals surface area contributed by atoms with E-state index < -0.39 is 24.7 Å². The molecule has 2 atom stereocenters. The molecule has 0 bridgehead atoms. The van der Waals surface area contributed by atoms with E-state index in [1.807, 2.05) is 12.1 Å². The zero-order chi connectivity index (χ0) is 34.8. The summed E-state index contributed by atoms with van der Waals surface area (Å²) in [6.07, 6.45) is 10.5. The number of anilines is 1. The van der Waals surface area contributed by atoms with E-state index in [1.165, 1.54) is 32.1 Å². The molecule has 2 aromatic carbocycles. The lowest BCUT2D eigenvalue weighted by Crippen LogP contribution is -2.56. The Bertz CT molecular complexity index is 1420. The summed E-state index contributed by atoms with van der Waals surface area (Å²) in [5.74, 6) is -0.0204. The number of carbonyl (C=O) groups excluding carboxylic acids is 3. The molecule has 2 saturated carbocycles. The lowest BCUT2D eigenvalue weighted by molar-refractivity contribution is -0.144. The maximum Gasteiger partial charge on any atom is 0.261 e. The number of amides is 3. The number of nitrogen functional groups attached to an aromatic ring is 1. The molecule has 1 heterocycles. The lowest BCUT2D eigenvalue weighted by Gasteiger charge is -2.29. The van der Waals surface area contributed by atoms with E-state index in [9.17, 15) is 24.6 Å². The molecular weight excluding hydrogens is 624 g/mol. The van der Waals surface area contributed by atoms with E-state index in [0.717, 1.165) is 47.9 Å². The summed E-state index contributed by atoms with van der Waals surface area (Å²) in [6.45, 7) is 1.00. The van der Waals surface area contributed by atoms with Crippen LogP contribution in [0.1, 0.15) is 68.9 Å². The molecule has 0 aromatic heterocycles. The summed E-state index contributed by atoms with van der Waals surface area (Å²) in [6, 6.07) is 13.5. The van der Waals surface area contributed by atoms with Crippen molar-refractivity contribution < 1.29 is 29.3 Å². The minimum atomic E-state index is -1.26. The van der Waals surface area contributed by atoms with Crippen LogP contribution in [0, 0.1) is 5.92 Å². The molecule has 12 heteroatoms. The fourth-order valence-electron chi connectivity index (χ4n) is 6.70. The number of carbonyl (C=O) groups is 3. The van der Waals surface area contributed by atoms with E-state index in [1.54, 1.807) is 43.5 Å². The van der Waals surface area contributed by atoms with Crippen LogP contribution < -0.4 is 21.2 Å². The van der Waals surface area contributed by atoms with Crippen molar-refractivity contribution in [3.63, 3.8) is 0 Å². The van der Waals surface area contributed by atoms with E-state index >= 15 is 0 Å². The first kappa shape index (κ1) is 36.0. The number of nitrogens with two attached hydrogens (primary N) is 1. The van der Waals surface area contributed by atoms with Crippen molar-refractivity contribution in [3.8, 4) is 5.75 Å². The molecule has 12 nitrogen and oxygen atoms in total. The number of nitrogens with zero attached hydrogens (tertiary/aromatic N) is 3. The lowest BCUT2D eigenvalue weighted by atomic mass is 9.89. The standard InChI is InChI=1S/C37H52N6O6/c1-49-33-16-9-26(10-17-33)19-34(39-35(46)20-27-7-11-29(38)12-8-27)37(48)40-43(23-32(45)24-44)36(47)18-15-31-22-41(25-42(31)30-13-14-30)21-28-5-3-2-4-6-28/h7-12,16-17,22,28,30,32,34,44-45H,2-6,13-15,18-21,23-25,38H2,1H3,(H,39,46)(H,40,48)/t32-,34?/m1/s1. The Hall–Kier alpha value is -4.29. The Morgan fingerprint density at radius 3 is 2.35 bits per heavy atom. The predicted molar refractivity (Wildman–Crippen MR) is 186 cm³/mol. The van der Waals surface area contributed by atoms with Gasteiger partial charge >= 0.3 is 0 Å². The van der Waals surface area contributed by atoms with Crippen molar-refractivity contribution >= 4 is 23.4 Å². The summed E-state index contributed by atoms with van der Waals surface area (Å²) < 4.78 is 5.25. The highest BCUT2D eigenvalue weighted by atomic mass is 16.5. The maximum absolute atomic E-state index is 13.8. The Morgan fingerprint density at radius 1 is 1.00 bits per heavy atom. The van der Waals surface area contributed by atoms with Gasteiger partial charge in [0.05, 0.1) is 39.5 Å². The van der Waals surface area contributed by atoms with Crippen molar-refractivity contribution in [3.05, 3.63) is 71.6 Å². The average molecular weight is 677 g/mol. The highest BCUT2D eigenvalue weighted by Gasteiger charge is 2.35. The van der Waals surface area contributed by atoms with Crippen molar-refractivity contribution in [2.45, 2.75) is 88.8 Å². The van der Waals surface area contributed by atoms with Crippen LogP contribution in [0.5, 0.6) is 5.75 Å². The molecular formula is C37H52N6O6. The maximum atomic E-state index is 13.8. The van der Waals surface area contributed by atoms with E-state index in [2.05, 4.69) is 26.7 Å². The van der Waals surface area contributed by atoms with Crippen molar-refractivity contribution in [1.82, 2.24) is 25.6 Å². The van der Waals surface area contributed by atoms with Gasteiger partial charge in [0, 0.05) is 43.0 Å². The zero-order valence-electron chi connectivity index (χ0n) is 28.6. The first-order valence-electron chi connectivity index (χ1n) is 17.6. The van der Waals surface area contributed by atoms with Crippen LogP contribution in [0.15, 0.2) is 60.4 Å². The number of ether oxygens (including phenoxy) is 1. The largest absolute Gasteiger partial charge is 0.497 e. The molecule has 0 saturated heterocycles. The van der Waals surface area contributed by atoms with E-state index in [-0.39, 0.29) is 37.6 Å². The van der Waals surface area contributed by atoms with Crippen LogP contribution in [0.25, 0.3) is 0 Å². The molecule has 2 fully saturated rings. The van der Waals surface area contributed by atoms with Gasteiger partial charge in [0.15, 0.2) is 0 Å². The topological polar surface area (TPSA) is 161 Å². The highest BCUT2D eigenvalue weighted by molar-refractivity contribution is 5.90. The van der Waals surface area contributed by atoms with Crippen LogP contribution in [0.4, 0.5) is 5.69 Å². The van der Waals surface area contributed by atoms with Gasteiger partial charge in [0.2, 0.25) is 11.8 Å². The molecule has 3 aliphatic rings. The molecule has 1 unspecified atom stereocenters. The Morgan fingerprint density at radius 2 is 1.69 bits per heavy atom. The molecule has 0 spiro atoms. The monoisotopic (exact) mass is 676 g/mol. The minimum Gasteiger partial charge on any atom is -0.497 e. The first-order valence-corrected chi connectivity index (χ1v) is 17.6. The van der Waals surface area contributed by atoms with Crippen LogP contribution in [0.2, 0.25) is 0 Å². The average Bonchev–Trinajstić information content (AvgIpc) is 3.88. The number of aliphatic hydroxyl groups excluding tert-OH is 2. The van der Waals surface area contributed by atoms with Gasteiger partial charge in [0.25, 0.3) is 5.91 Å². The van der Waals surface area contributed by atoms with Gasteiger partial charge in [-0.05, 0) is 73.4 Å². The van der Waals surface area contributed by atoms with Gasteiger partial charge in [0.1, 0.15) is 11.8 Å². The number of hydrogen-bond acceptors (Lipinski definition) is 9. The van der Waals surface area contributed by atoms with Crippen LogP contribution >= 0.6 is 0 Å². The fourth-order valence-corrected chi connectivity index (χ4v) is 6.70. The number of nitrogens with one attached hydrogen (secondary N) is 2. The predicted octanol–water partition coefficient (Wildman–Crippen LogP) is 2.70. The second kappa shape index (κ2) is 17.4. The summed E-state index contributed by atoms with van der Waals surface area (Å²) in [4.78, 5) is 45.4. The van der Waals surface area contributed by atoms with Gasteiger partial charge in [-0.2, -0.15) is 0 Å². The molecule has 266 valence electrons. The third-order valence-corrected chi connectivity index (χ3v) is 9.58. The number of rotatable bonds is 16. The normalized spacial score (nSPS) is 17.7. The SMILES string of the molecule is COc1ccc(CC(NC(=O)Cc2ccc(N)cc2)C(=O)NN(C[C@@H](O)CO)C(=O)CCC2=CN(CC3CCCCC3)CN2C2CC2)cc1. The molecule has 2 aliphatic carbocycles. The fraction of sp³-hybridized carbons (Fsp3) is 0.541. The first-order chi connectivity index (χ1) is 23.7. The second-order valence-electron chi connectivity index (χ2n) is 13.6. The van der Waals surface area contributed by atoms with Crippen LogP contribution in [-0.2, 0) is 27.2 Å². The minimum absolute atomic E-state index is 0.0307. The third kappa shape index (κ3) is 10.9. The van der Waals surface area contributed by atoms with Gasteiger partial charge in [-0.1, -0.05) is 43.5 Å². The second-order valence-corrected chi connectivity index (χ2v) is 13.6. The van der Waals surface area contributed by atoms with Gasteiger partial charge < -0.3 is 35.8 Å². The number of aliphatic hydroxyl groups is 2. The number of hydrogen-bond donors (Lipinski definition) is 5. The third-order valence-electron chi connectivity index (χ3n) is 9.58. The molecule has 0 radical (unpaired) electrons. The quantitative estimate of drug-likeness (QED) is 0.133. The number of hydrazine groups is 1. The van der Waals surface area contributed by atoms with Crippen molar-refractivity contribution in [2.24, 2.45) is 5.92 Å². The zero-order valence-corrected chi connectivity index (χ0v) is 28.6. The van der Waals surface area contributed by atoms with Crippen molar-refractivity contribution in [2.75, 3.05) is 39.2 Å². The summed E-state index contributed by atoms with van der Waals surface area (Å²) >= 11 is 0.